The Bertz CT molecular complexity index is 1060. The number of nitrogens with one attached hydrogen (secondary N) is 2. The molecular weight excluding hydrogens is 504 g/mol. The van der Waals surface area contributed by atoms with Gasteiger partial charge >= 0.3 is 0 Å². The molecule has 7 nitrogen and oxygen atoms in total. The third kappa shape index (κ3) is 6.65. The van der Waals surface area contributed by atoms with Crippen molar-refractivity contribution >= 4 is 46.5 Å². The van der Waals surface area contributed by atoms with Crippen LogP contribution in [-0.2, 0) is 10.2 Å². The van der Waals surface area contributed by atoms with Crippen LogP contribution in [0.4, 0.5) is 17.6 Å². The summed E-state index contributed by atoms with van der Waals surface area (Å²) in [6.45, 7) is 8.67. The Hall–Kier alpha value is -2.16. The topological polar surface area (TPSA) is 65.5 Å². The minimum Gasteiger partial charge on any atom is -0.381 e. The smallest absolute Gasteiger partial charge is 0.232 e. The van der Waals surface area contributed by atoms with E-state index in [2.05, 4.69) is 45.6 Å². The van der Waals surface area contributed by atoms with E-state index in [1.807, 2.05) is 12.1 Å². The monoisotopic (exact) mass is 542 g/mol. The second-order valence-electron chi connectivity index (χ2n) is 10.9. The average molecular weight is 543 g/mol. The lowest BCUT2D eigenvalue weighted by Crippen LogP contribution is -2.45. The number of piperidine rings is 2. The first-order chi connectivity index (χ1) is 18.0. The van der Waals surface area contributed by atoms with Gasteiger partial charge in [0.05, 0.1) is 0 Å². The highest BCUT2D eigenvalue weighted by Gasteiger charge is 2.34. The number of anilines is 3. The van der Waals surface area contributed by atoms with Crippen molar-refractivity contribution in [3.05, 3.63) is 40.9 Å². The minimum absolute atomic E-state index is 0.0554. The van der Waals surface area contributed by atoms with Crippen LogP contribution in [0, 0.1) is 5.92 Å². The Kier molecular flexibility index (Phi) is 8.67. The molecule has 0 bridgehead atoms. The molecule has 3 saturated heterocycles. The molecule has 1 atom stereocenters. The van der Waals surface area contributed by atoms with E-state index in [1.165, 1.54) is 37.7 Å². The summed E-state index contributed by atoms with van der Waals surface area (Å²) in [6, 6.07) is 10.4. The number of ether oxygens (including phenoxy) is 1. The number of hydrogen-bond acceptors (Lipinski definition) is 6. The van der Waals surface area contributed by atoms with Crippen LogP contribution in [0.5, 0.6) is 0 Å². The lowest BCUT2D eigenvalue weighted by Gasteiger charge is -2.38. The van der Waals surface area contributed by atoms with Crippen molar-refractivity contribution in [3.8, 4) is 0 Å². The summed E-state index contributed by atoms with van der Waals surface area (Å²) in [7, 11) is 0. The van der Waals surface area contributed by atoms with Crippen LogP contribution in [0.2, 0.25) is 5.02 Å². The quantitative estimate of drug-likeness (QED) is 0.471. The number of benzene rings is 1. The van der Waals surface area contributed by atoms with E-state index < -0.39 is 0 Å². The van der Waals surface area contributed by atoms with Gasteiger partial charge in [-0.1, -0.05) is 30.7 Å². The largest absolute Gasteiger partial charge is 0.381 e. The molecule has 5 rings (SSSR count). The molecule has 37 heavy (non-hydrogen) atoms. The standard InChI is InChI=1S/C28H39ClN6OS/c1-21-6-5-15-35(19-21)25-18-24(34-13-3-2-4-14-34)31-26(32-25)33-27(37)30-20-28(11-16-36-17-12-28)22-7-9-23(29)10-8-22/h7-10,18,21H,2-6,11-17,19-20H2,1H3,(H2,30,31,32,33,37)/t21-/m1/s1. The number of rotatable bonds is 6. The molecule has 2 N–H and O–H groups in total. The molecule has 0 aliphatic carbocycles. The summed E-state index contributed by atoms with van der Waals surface area (Å²) in [5.41, 5.74) is 1.21. The number of hydrogen-bond donors (Lipinski definition) is 2. The molecule has 3 aliphatic heterocycles. The fourth-order valence-corrected chi connectivity index (χ4v) is 6.14. The molecule has 1 aromatic heterocycles. The maximum atomic E-state index is 6.17. The summed E-state index contributed by atoms with van der Waals surface area (Å²) in [5, 5.41) is 8.11. The van der Waals surface area contributed by atoms with Gasteiger partial charge in [0, 0.05) is 62.4 Å². The van der Waals surface area contributed by atoms with Crippen molar-refractivity contribution < 1.29 is 4.74 Å². The maximum Gasteiger partial charge on any atom is 0.232 e. The van der Waals surface area contributed by atoms with E-state index >= 15 is 0 Å². The van der Waals surface area contributed by atoms with E-state index in [9.17, 15) is 0 Å². The van der Waals surface area contributed by atoms with E-state index in [0.29, 0.717) is 23.5 Å². The number of nitrogens with zero attached hydrogens (tertiary/aromatic N) is 4. The highest BCUT2D eigenvalue weighted by Crippen LogP contribution is 2.35. The number of thiocarbonyl (C=S) groups is 1. The second kappa shape index (κ2) is 12.1. The van der Waals surface area contributed by atoms with Gasteiger partial charge in [-0.25, -0.2) is 0 Å². The SMILES string of the molecule is C[C@@H]1CCCN(c2cc(N3CCCCC3)nc(NC(=S)NCC3(c4ccc(Cl)cc4)CCOCC3)n2)C1. The lowest BCUT2D eigenvalue weighted by atomic mass is 9.74. The Morgan fingerprint density at radius 1 is 1.03 bits per heavy atom. The number of aromatic nitrogens is 2. The molecule has 1 aromatic carbocycles. The first-order valence-corrected chi connectivity index (χ1v) is 14.6. The second-order valence-corrected chi connectivity index (χ2v) is 11.7. The summed E-state index contributed by atoms with van der Waals surface area (Å²) in [6.07, 6.45) is 8.05. The molecule has 2 aromatic rings. The lowest BCUT2D eigenvalue weighted by molar-refractivity contribution is 0.0515. The highest BCUT2D eigenvalue weighted by atomic mass is 35.5. The van der Waals surface area contributed by atoms with Gasteiger partial charge in [0.15, 0.2) is 5.11 Å². The van der Waals surface area contributed by atoms with Crippen LogP contribution in [0.1, 0.15) is 57.4 Å². The zero-order chi connectivity index (χ0) is 25.7. The van der Waals surface area contributed by atoms with Crippen LogP contribution in [0.25, 0.3) is 0 Å². The van der Waals surface area contributed by atoms with Crippen LogP contribution in [0.3, 0.4) is 0 Å². The van der Waals surface area contributed by atoms with Gasteiger partial charge < -0.3 is 25.2 Å². The van der Waals surface area contributed by atoms with Crippen LogP contribution in [-0.4, -0.2) is 61.0 Å². The highest BCUT2D eigenvalue weighted by molar-refractivity contribution is 7.80. The molecule has 3 aliphatic rings. The molecule has 4 heterocycles. The van der Waals surface area contributed by atoms with E-state index in [-0.39, 0.29) is 5.41 Å². The summed E-state index contributed by atoms with van der Waals surface area (Å²) in [5.74, 6) is 3.23. The third-order valence-electron chi connectivity index (χ3n) is 8.08. The number of halogens is 1. The van der Waals surface area contributed by atoms with Gasteiger partial charge in [-0.2, -0.15) is 9.97 Å². The summed E-state index contributed by atoms with van der Waals surface area (Å²) < 4.78 is 5.69. The predicted octanol–water partition coefficient (Wildman–Crippen LogP) is 5.39. The van der Waals surface area contributed by atoms with Crippen LogP contribution < -0.4 is 20.4 Å². The molecule has 3 fully saturated rings. The minimum atomic E-state index is -0.0554. The molecule has 0 radical (unpaired) electrons. The van der Waals surface area contributed by atoms with E-state index in [1.54, 1.807) is 0 Å². The molecular formula is C28H39ClN6OS. The van der Waals surface area contributed by atoms with Crippen molar-refractivity contribution in [2.75, 3.05) is 61.1 Å². The molecule has 0 amide bonds. The third-order valence-corrected chi connectivity index (χ3v) is 8.58. The predicted molar refractivity (Wildman–Crippen MR) is 156 cm³/mol. The molecule has 9 heteroatoms. The van der Waals surface area contributed by atoms with Crippen LogP contribution in [0.15, 0.2) is 30.3 Å². The molecule has 0 unspecified atom stereocenters. The Morgan fingerprint density at radius 2 is 1.70 bits per heavy atom. The Labute approximate surface area is 231 Å². The van der Waals surface area contributed by atoms with Crippen LogP contribution >= 0.6 is 23.8 Å². The van der Waals surface area contributed by atoms with Gasteiger partial charge in [-0.3, -0.25) is 0 Å². The van der Waals surface area contributed by atoms with E-state index in [0.717, 1.165) is 68.9 Å². The summed E-state index contributed by atoms with van der Waals surface area (Å²) in [4.78, 5) is 14.6. The van der Waals surface area contributed by atoms with Crippen molar-refractivity contribution in [1.82, 2.24) is 15.3 Å². The van der Waals surface area contributed by atoms with Crippen molar-refractivity contribution in [3.63, 3.8) is 0 Å². The zero-order valence-electron chi connectivity index (χ0n) is 21.8. The molecule has 200 valence electrons. The van der Waals surface area contributed by atoms with Gasteiger partial charge in [-0.05, 0) is 80.8 Å². The van der Waals surface area contributed by atoms with Gasteiger partial charge in [0.1, 0.15) is 11.6 Å². The molecule has 0 saturated carbocycles. The summed E-state index contributed by atoms with van der Waals surface area (Å²) >= 11 is 11.9. The van der Waals surface area contributed by atoms with Crippen molar-refractivity contribution in [2.45, 2.75) is 57.3 Å². The fraction of sp³-hybridized carbons (Fsp3) is 0.607. The first-order valence-electron chi connectivity index (χ1n) is 13.8. The van der Waals surface area contributed by atoms with Gasteiger partial charge in [-0.15, -0.1) is 0 Å². The average Bonchev–Trinajstić information content (AvgIpc) is 2.93. The van der Waals surface area contributed by atoms with Gasteiger partial charge in [0.25, 0.3) is 0 Å². The molecule has 0 spiro atoms. The first kappa shape index (κ1) is 26.4. The fourth-order valence-electron chi connectivity index (χ4n) is 5.85. The Morgan fingerprint density at radius 3 is 2.41 bits per heavy atom. The van der Waals surface area contributed by atoms with E-state index in [4.69, 9.17) is 38.5 Å². The van der Waals surface area contributed by atoms with Gasteiger partial charge in [0.2, 0.25) is 5.95 Å². The van der Waals surface area contributed by atoms with Crippen molar-refractivity contribution in [2.24, 2.45) is 5.92 Å². The zero-order valence-corrected chi connectivity index (χ0v) is 23.4. The maximum absolute atomic E-state index is 6.17. The Balaban J connectivity index is 1.32. The van der Waals surface area contributed by atoms with Crippen molar-refractivity contribution in [1.29, 1.82) is 0 Å². The normalized spacial score (nSPS) is 21.9.